The molecule has 3 aromatic rings. The maximum Gasteiger partial charge on any atom is 0.271 e. The molecule has 146 valence electrons. The van der Waals surface area contributed by atoms with E-state index in [-0.39, 0.29) is 17.9 Å². The number of pyridine rings is 1. The Kier molecular flexibility index (Phi) is 4.50. The molecule has 2 aromatic heterocycles. The maximum atomic E-state index is 13.4. The third kappa shape index (κ3) is 3.17. The molecule has 2 aliphatic heterocycles. The number of aromatic nitrogens is 2. The molecule has 2 aliphatic rings. The van der Waals surface area contributed by atoms with Crippen molar-refractivity contribution < 1.29 is 9.47 Å². The highest BCUT2D eigenvalue weighted by molar-refractivity contribution is 7.07. The number of allylic oxidation sites excluding steroid dienone is 1. The summed E-state index contributed by atoms with van der Waals surface area (Å²) in [7, 11) is 0. The van der Waals surface area contributed by atoms with Gasteiger partial charge < -0.3 is 9.47 Å². The van der Waals surface area contributed by atoms with Crippen LogP contribution in [0.1, 0.15) is 31.0 Å². The molecule has 6 nitrogen and oxygen atoms in total. The third-order valence-corrected chi connectivity index (χ3v) is 6.06. The van der Waals surface area contributed by atoms with Gasteiger partial charge in [-0.25, -0.2) is 4.99 Å². The fourth-order valence-electron chi connectivity index (χ4n) is 3.72. The van der Waals surface area contributed by atoms with E-state index in [0.29, 0.717) is 9.33 Å². The molecule has 0 spiro atoms. The number of thiazole rings is 1. The average Bonchev–Trinajstić information content (AvgIpc) is 3.01. The third-order valence-electron chi connectivity index (χ3n) is 5.07. The van der Waals surface area contributed by atoms with Crippen LogP contribution >= 0.6 is 11.3 Å². The SMILES string of the molecule is CC1=C(C2OC(C)O2)C(c2ccccc2)n2c(s/c(=C\c3ccncc3)c2=O)=N1. The zero-order valence-electron chi connectivity index (χ0n) is 16.0. The van der Waals surface area contributed by atoms with E-state index in [9.17, 15) is 4.79 Å². The Hall–Kier alpha value is -2.87. The molecule has 0 aliphatic carbocycles. The van der Waals surface area contributed by atoms with Gasteiger partial charge in [-0.15, -0.1) is 0 Å². The van der Waals surface area contributed by atoms with Gasteiger partial charge in [0, 0.05) is 23.7 Å². The normalized spacial score (nSPS) is 24.1. The summed E-state index contributed by atoms with van der Waals surface area (Å²) < 4.78 is 14.0. The van der Waals surface area contributed by atoms with Gasteiger partial charge in [-0.05, 0) is 43.2 Å². The van der Waals surface area contributed by atoms with Crippen LogP contribution in [0.2, 0.25) is 0 Å². The van der Waals surface area contributed by atoms with Gasteiger partial charge in [0.15, 0.2) is 17.4 Å². The van der Waals surface area contributed by atoms with Gasteiger partial charge in [0.05, 0.1) is 10.6 Å². The summed E-state index contributed by atoms with van der Waals surface area (Å²) in [6, 6.07) is 13.4. The van der Waals surface area contributed by atoms with Crippen molar-refractivity contribution in [2.24, 2.45) is 4.99 Å². The highest BCUT2D eigenvalue weighted by Gasteiger charge is 2.39. The van der Waals surface area contributed by atoms with Crippen LogP contribution in [-0.4, -0.2) is 22.1 Å². The molecule has 0 amide bonds. The van der Waals surface area contributed by atoms with Crippen molar-refractivity contribution in [2.75, 3.05) is 0 Å². The molecule has 5 rings (SSSR count). The number of hydrogen-bond donors (Lipinski definition) is 0. The van der Waals surface area contributed by atoms with Gasteiger partial charge >= 0.3 is 0 Å². The monoisotopic (exact) mass is 405 g/mol. The van der Waals surface area contributed by atoms with Crippen LogP contribution in [0.25, 0.3) is 6.08 Å². The van der Waals surface area contributed by atoms with Crippen molar-refractivity contribution in [3.8, 4) is 0 Å². The van der Waals surface area contributed by atoms with Crippen molar-refractivity contribution in [3.63, 3.8) is 0 Å². The van der Waals surface area contributed by atoms with Crippen LogP contribution in [0.15, 0.2) is 75.9 Å². The lowest BCUT2D eigenvalue weighted by atomic mass is 9.95. The van der Waals surface area contributed by atoms with Crippen LogP contribution in [0.4, 0.5) is 0 Å². The molecule has 1 fully saturated rings. The lowest BCUT2D eigenvalue weighted by Crippen LogP contribution is -2.47. The van der Waals surface area contributed by atoms with E-state index in [1.807, 2.05) is 62.4 Å². The Morgan fingerprint density at radius 3 is 2.52 bits per heavy atom. The van der Waals surface area contributed by atoms with Gasteiger partial charge in [0.1, 0.15) is 0 Å². The Labute approximate surface area is 171 Å². The van der Waals surface area contributed by atoms with E-state index in [2.05, 4.69) is 4.98 Å². The summed E-state index contributed by atoms with van der Waals surface area (Å²) in [4.78, 5) is 22.8. The fraction of sp³-hybridized carbons (Fsp3) is 0.227. The molecule has 1 aromatic carbocycles. The molecule has 4 heterocycles. The molecule has 0 bridgehead atoms. The number of rotatable bonds is 3. The summed E-state index contributed by atoms with van der Waals surface area (Å²) in [6.07, 6.45) is 4.55. The molecule has 29 heavy (non-hydrogen) atoms. The van der Waals surface area contributed by atoms with Gasteiger partial charge in [-0.3, -0.25) is 14.3 Å². The molecule has 0 radical (unpaired) electrons. The minimum atomic E-state index is -0.494. The van der Waals surface area contributed by atoms with Gasteiger partial charge in [-0.2, -0.15) is 0 Å². The van der Waals surface area contributed by atoms with E-state index in [1.54, 1.807) is 17.0 Å². The molecule has 0 saturated carbocycles. The first-order chi connectivity index (χ1) is 14.1. The number of hydrogen-bond acceptors (Lipinski definition) is 6. The number of fused-ring (bicyclic) bond motifs is 1. The standard InChI is InChI=1S/C22H19N3O3S/c1-13-18(21-27-14(2)28-21)19(16-6-4-3-5-7-16)25-20(26)17(29-22(25)24-13)12-15-8-10-23-11-9-15/h3-12,14,19,21H,1-2H3/b17-12-. The Morgan fingerprint density at radius 2 is 1.83 bits per heavy atom. The molecule has 1 atom stereocenters. The van der Waals surface area contributed by atoms with E-state index in [4.69, 9.17) is 14.5 Å². The molecule has 7 heteroatoms. The van der Waals surface area contributed by atoms with E-state index in [0.717, 1.165) is 22.4 Å². The van der Waals surface area contributed by atoms with Gasteiger partial charge in [0.2, 0.25) is 0 Å². The lowest BCUT2D eigenvalue weighted by Gasteiger charge is -2.39. The van der Waals surface area contributed by atoms with Crippen molar-refractivity contribution in [1.29, 1.82) is 0 Å². The van der Waals surface area contributed by atoms with Crippen LogP contribution < -0.4 is 14.9 Å². The predicted molar refractivity (Wildman–Crippen MR) is 110 cm³/mol. The second kappa shape index (κ2) is 7.18. The first kappa shape index (κ1) is 18.2. The van der Waals surface area contributed by atoms with E-state index >= 15 is 0 Å². The summed E-state index contributed by atoms with van der Waals surface area (Å²) in [5.41, 5.74) is 3.55. The molecule has 1 saturated heterocycles. The van der Waals surface area contributed by atoms with Gasteiger partial charge in [0.25, 0.3) is 5.56 Å². The van der Waals surface area contributed by atoms with Crippen LogP contribution in [0.3, 0.4) is 0 Å². The second-order valence-corrected chi connectivity index (χ2v) is 8.00. The second-order valence-electron chi connectivity index (χ2n) is 6.99. The van der Waals surface area contributed by atoms with E-state index < -0.39 is 6.29 Å². The van der Waals surface area contributed by atoms with Gasteiger partial charge in [-0.1, -0.05) is 41.7 Å². The highest BCUT2D eigenvalue weighted by atomic mass is 32.1. The Morgan fingerprint density at radius 1 is 1.10 bits per heavy atom. The molecular formula is C22H19N3O3S. The van der Waals surface area contributed by atoms with Crippen molar-refractivity contribution in [3.05, 3.63) is 96.9 Å². The van der Waals surface area contributed by atoms with Crippen molar-refractivity contribution in [1.82, 2.24) is 9.55 Å². The highest BCUT2D eigenvalue weighted by Crippen LogP contribution is 2.37. The predicted octanol–water partition coefficient (Wildman–Crippen LogP) is 2.35. The number of nitrogens with zero attached hydrogens (tertiary/aromatic N) is 3. The first-order valence-corrected chi connectivity index (χ1v) is 10.2. The zero-order valence-corrected chi connectivity index (χ0v) is 16.8. The van der Waals surface area contributed by atoms with Crippen LogP contribution in [-0.2, 0) is 9.47 Å². The largest absolute Gasteiger partial charge is 0.320 e. The minimum Gasteiger partial charge on any atom is -0.320 e. The summed E-state index contributed by atoms with van der Waals surface area (Å²) in [5.74, 6) is 0. The summed E-state index contributed by atoms with van der Waals surface area (Å²) >= 11 is 1.39. The maximum absolute atomic E-state index is 13.4. The topological polar surface area (TPSA) is 65.7 Å². The fourth-order valence-corrected chi connectivity index (χ4v) is 4.76. The van der Waals surface area contributed by atoms with Crippen LogP contribution in [0, 0.1) is 0 Å². The number of ether oxygens (including phenoxy) is 2. The van der Waals surface area contributed by atoms with E-state index in [1.165, 1.54) is 11.3 Å². The van der Waals surface area contributed by atoms with Crippen molar-refractivity contribution in [2.45, 2.75) is 32.5 Å². The lowest BCUT2D eigenvalue weighted by molar-refractivity contribution is -0.361. The first-order valence-electron chi connectivity index (χ1n) is 9.40. The Balaban J connectivity index is 1.72. The molecular weight excluding hydrogens is 386 g/mol. The summed E-state index contributed by atoms with van der Waals surface area (Å²) in [6.45, 7) is 3.80. The van der Waals surface area contributed by atoms with Crippen molar-refractivity contribution >= 4 is 17.4 Å². The minimum absolute atomic E-state index is 0.0724. The Bertz CT molecular complexity index is 1260. The van der Waals surface area contributed by atoms with Crippen LogP contribution in [0.5, 0.6) is 0 Å². The smallest absolute Gasteiger partial charge is 0.271 e. The number of benzene rings is 1. The summed E-state index contributed by atoms with van der Waals surface area (Å²) in [5, 5.41) is 0. The molecule has 1 unspecified atom stereocenters. The zero-order chi connectivity index (χ0) is 20.0. The molecule has 0 N–H and O–H groups in total. The quantitative estimate of drug-likeness (QED) is 0.671. The average molecular weight is 405 g/mol.